The fourth-order valence-corrected chi connectivity index (χ4v) is 3.19. The third-order valence-electron chi connectivity index (χ3n) is 2.09. The molecule has 6 heteroatoms. The van der Waals surface area contributed by atoms with Crippen molar-refractivity contribution in [1.82, 2.24) is 0 Å². The van der Waals surface area contributed by atoms with Crippen LogP contribution in [0, 0.1) is 0 Å². The second-order valence-electron chi connectivity index (χ2n) is 3.42. The molecule has 1 aliphatic heterocycles. The van der Waals surface area contributed by atoms with Crippen molar-refractivity contribution >= 4 is 21.2 Å². The summed E-state index contributed by atoms with van der Waals surface area (Å²) in [4.78, 5) is 0.657. The molecule has 1 N–H and O–H groups in total. The Hall–Kier alpha value is -0.430. The fourth-order valence-electron chi connectivity index (χ4n) is 1.21. The Balaban J connectivity index is 2.35. The van der Waals surface area contributed by atoms with Crippen LogP contribution in [0.1, 0.15) is 4.88 Å². The first kappa shape index (κ1) is 10.1. The van der Waals surface area contributed by atoms with Gasteiger partial charge in [0.25, 0.3) is 0 Å². The largest absolute Gasteiger partial charge is 0.379 e. The van der Waals surface area contributed by atoms with Gasteiger partial charge < -0.3 is 9.84 Å². The molecule has 4 nitrogen and oxygen atoms in total. The highest BCUT2D eigenvalue weighted by atomic mass is 32.2. The number of sulfone groups is 1. The maximum atomic E-state index is 11.2. The van der Waals surface area contributed by atoms with Gasteiger partial charge in [-0.25, -0.2) is 8.42 Å². The van der Waals surface area contributed by atoms with Crippen molar-refractivity contribution < 1.29 is 18.3 Å². The number of thiophene rings is 1. The van der Waals surface area contributed by atoms with Gasteiger partial charge in [0.05, 0.1) is 13.2 Å². The summed E-state index contributed by atoms with van der Waals surface area (Å²) in [5.74, 6) is 0. The quantitative estimate of drug-likeness (QED) is 0.803. The molecule has 0 bridgehead atoms. The van der Waals surface area contributed by atoms with Crippen LogP contribution >= 0.6 is 11.3 Å². The zero-order chi connectivity index (χ0) is 10.4. The van der Waals surface area contributed by atoms with Crippen LogP contribution in [0.25, 0.3) is 0 Å². The maximum absolute atomic E-state index is 11.2. The number of hydrogen-bond donors (Lipinski definition) is 1. The van der Waals surface area contributed by atoms with Gasteiger partial charge in [0.1, 0.15) is 9.81 Å². The van der Waals surface area contributed by atoms with E-state index in [0.717, 1.165) is 17.6 Å². The Morgan fingerprint density at radius 2 is 2.14 bits per heavy atom. The lowest BCUT2D eigenvalue weighted by Crippen LogP contribution is -2.45. The molecular weight excluding hydrogens is 224 g/mol. The van der Waals surface area contributed by atoms with Crippen molar-refractivity contribution in [1.29, 1.82) is 0 Å². The highest BCUT2D eigenvalue weighted by Crippen LogP contribution is 2.35. The Morgan fingerprint density at radius 3 is 2.50 bits per heavy atom. The molecule has 0 unspecified atom stereocenters. The van der Waals surface area contributed by atoms with Gasteiger partial charge in [0.15, 0.2) is 9.84 Å². The molecule has 0 atom stereocenters. The molecule has 2 heterocycles. The molecule has 1 fully saturated rings. The van der Waals surface area contributed by atoms with Crippen molar-refractivity contribution in [2.75, 3.05) is 19.5 Å². The molecule has 1 aromatic rings. The van der Waals surface area contributed by atoms with Crippen LogP contribution < -0.4 is 0 Å². The molecule has 78 valence electrons. The minimum Gasteiger partial charge on any atom is -0.379 e. The molecule has 0 aliphatic carbocycles. The molecule has 0 amide bonds. The van der Waals surface area contributed by atoms with Gasteiger partial charge in [-0.3, -0.25) is 0 Å². The highest BCUT2D eigenvalue weighted by molar-refractivity contribution is 7.92. The van der Waals surface area contributed by atoms with Crippen LogP contribution in [0.3, 0.4) is 0 Å². The van der Waals surface area contributed by atoms with E-state index in [1.54, 1.807) is 6.07 Å². The number of hydrogen-bond acceptors (Lipinski definition) is 5. The van der Waals surface area contributed by atoms with Crippen molar-refractivity contribution in [3.63, 3.8) is 0 Å². The van der Waals surface area contributed by atoms with Gasteiger partial charge in [-0.15, -0.1) is 11.3 Å². The molecule has 0 saturated carbocycles. The number of aliphatic hydroxyl groups is 1. The Labute approximate surface area is 86.1 Å². The highest BCUT2D eigenvalue weighted by Gasteiger charge is 2.39. The van der Waals surface area contributed by atoms with E-state index in [1.165, 1.54) is 6.07 Å². The van der Waals surface area contributed by atoms with Crippen LogP contribution in [-0.2, 0) is 20.2 Å². The first-order valence-electron chi connectivity index (χ1n) is 4.02. The van der Waals surface area contributed by atoms with Crippen LogP contribution in [-0.4, -0.2) is 33.0 Å². The SMILES string of the molecule is CS(=O)(=O)c1ccc(C2(O)COC2)s1. The summed E-state index contributed by atoms with van der Waals surface area (Å²) < 4.78 is 27.5. The lowest BCUT2D eigenvalue weighted by atomic mass is 10.0. The molecule has 0 radical (unpaired) electrons. The number of ether oxygens (including phenoxy) is 1. The van der Waals surface area contributed by atoms with E-state index < -0.39 is 15.4 Å². The molecular formula is C8H10O4S2. The van der Waals surface area contributed by atoms with E-state index in [-0.39, 0.29) is 17.4 Å². The topological polar surface area (TPSA) is 63.6 Å². The van der Waals surface area contributed by atoms with Gasteiger partial charge in [-0.2, -0.15) is 0 Å². The third-order valence-corrected chi connectivity index (χ3v) is 5.19. The third kappa shape index (κ3) is 1.58. The molecule has 0 spiro atoms. The van der Waals surface area contributed by atoms with Crippen molar-refractivity contribution in [2.24, 2.45) is 0 Å². The minimum absolute atomic E-state index is 0.247. The zero-order valence-electron chi connectivity index (χ0n) is 7.56. The summed E-state index contributed by atoms with van der Waals surface area (Å²) in [6.07, 6.45) is 1.16. The van der Waals surface area contributed by atoms with E-state index in [0.29, 0.717) is 4.88 Å². The lowest BCUT2D eigenvalue weighted by Gasteiger charge is -2.35. The van der Waals surface area contributed by atoms with E-state index in [1.807, 2.05) is 0 Å². The summed E-state index contributed by atoms with van der Waals surface area (Å²) >= 11 is 1.10. The second kappa shape index (κ2) is 3.03. The fraction of sp³-hybridized carbons (Fsp3) is 0.500. The van der Waals surface area contributed by atoms with Crippen molar-refractivity contribution in [3.05, 3.63) is 17.0 Å². The molecule has 14 heavy (non-hydrogen) atoms. The van der Waals surface area contributed by atoms with Crippen molar-refractivity contribution in [2.45, 2.75) is 9.81 Å². The maximum Gasteiger partial charge on any atom is 0.184 e. The summed E-state index contributed by atoms with van der Waals surface area (Å²) in [6, 6.07) is 3.16. The zero-order valence-corrected chi connectivity index (χ0v) is 9.19. The van der Waals surface area contributed by atoms with Gasteiger partial charge in [0, 0.05) is 11.1 Å². The second-order valence-corrected chi connectivity index (χ2v) is 6.74. The average molecular weight is 234 g/mol. The standard InChI is InChI=1S/C8H10O4S2/c1-14(10,11)7-3-2-6(13-7)8(9)4-12-5-8/h2-3,9H,4-5H2,1H3. The molecule has 1 aliphatic rings. The van der Waals surface area contributed by atoms with Gasteiger partial charge in [-0.05, 0) is 12.1 Å². The summed E-state index contributed by atoms with van der Waals surface area (Å²) in [5.41, 5.74) is -0.965. The Morgan fingerprint density at radius 1 is 1.50 bits per heavy atom. The van der Waals surface area contributed by atoms with Gasteiger partial charge in [0.2, 0.25) is 0 Å². The van der Waals surface area contributed by atoms with E-state index in [9.17, 15) is 13.5 Å². The monoisotopic (exact) mass is 234 g/mol. The van der Waals surface area contributed by atoms with Crippen LogP contribution in [0.4, 0.5) is 0 Å². The predicted molar refractivity (Wildman–Crippen MR) is 52.1 cm³/mol. The van der Waals surface area contributed by atoms with E-state index in [2.05, 4.69) is 0 Å². The number of rotatable bonds is 2. The summed E-state index contributed by atoms with van der Waals surface area (Å²) in [7, 11) is -3.16. The van der Waals surface area contributed by atoms with Crippen LogP contribution in [0.5, 0.6) is 0 Å². The minimum atomic E-state index is -3.16. The van der Waals surface area contributed by atoms with Gasteiger partial charge >= 0.3 is 0 Å². The normalized spacial score (nSPS) is 20.4. The summed E-state index contributed by atoms with van der Waals surface area (Å²) in [5, 5.41) is 9.85. The first-order valence-corrected chi connectivity index (χ1v) is 6.73. The van der Waals surface area contributed by atoms with Crippen LogP contribution in [0.2, 0.25) is 0 Å². The molecule has 2 rings (SSSR count). The molecule has 0 aromatic carbocycles. The lowest BCUT2D eigenvalue weighted by molar-refractivity contribution is -0.182. The smallest absolute Gasteiger partial charge is 0.184 e. The molecule has 1 aromatic heterocycles. The first-order chi connectivity index (χ1) is 6.42. The average Bonchev–Trinajstić information content (AvgIpc) is 2.46. The van der Waals surface area contributed by atoms with Crippen molar-refractivity contribution in [3.8, 4) is 0 Å². The van der Waals surface area contributed by atoms with Crippen LogP contribution in [0.15, 0.2) is 16.3 Å². The Kier molecular flexibility index (Phi) is 2.19. The Bertz CT molecular complexity index is 442. The predicted octanol–water partition coefficient (Wildman–Crippen LogP) is 0.369. The molecule has 1 saturated heterocycles. The summed E-state index contributed by atoms with van der Waals surface area (Å²) in [6.45, 7) is 0.493. The van der Waals surface area contributed by atoms with E-state index >= 15 is 0 Å². The van der Waals surface area contributed by atoms with Gasteiger partial charge in [-0.1, -0.05) is 0 Å². The van der Waals surface area contributed by atoms with E-state index in [4.69, 9.17) is 4.74 Å².